The molecule has 4 heteroatoms. The third-order valence-corrected chi connectivity index (χ3v) is 4.09. The number of benzene rings is 3. The van der Waals surface area contributed by atoms with Gasteiger partial charge < -0.3 is 10.4 Å². The van der Waals surface area contributed by atoms with E-state index in [1.54, 1.807) is 24.3 Å². The van der Waals surface area contributed by atoms with Crippen molar-refractivity contribution >= 4 is 28.3 Å². The number of hydrogen-bond donors (Lipinski definition) is 2. The third kappa shape index (κ3) is 3.36. The van der Waals surface area contributed by atoms with Crippen LogP contribution in [0, 0.1) is 0 Å². The van der Waals surface area contributed by atoms with Crippen LogP contribution in [0.2, 0.25) is 5.02 Å². The van der Waals surface area contributed by atoms with E-state index in [1.165, 1.54) is 0 Å². The van der Waals surface area contributed by atoms with Crippen molar-refractivity contribution in [2.45, 2.75) is 6.10 Å². The SMILES string of the molecule is O=C(NC[C@H](O)c1cccc2ccccc12)c1ccccc1Cl. The second kappa shape index (κ2) is 6.82. The van der Waals surface area contributed by atoms with E-state index >= 15 is 0 Å². The minimum absolute atomic E-state index is 0.123. The summed E-state index contributed by atoms with van der Waals surface area (Å²) in [7, 11) is 0. The van der Waals surface area contributed by atoms with Gasteiger partial charge in [-0.1, -0.05) is 66.2 Å². The Morgan fingerprint density at radius 1 is 1.00 bits per heavy atom. The highest BCUT2D eigenvalue weighted by Crippen LogP contribution is 2.24. The molecule has 0 aliphatic carbocycles. The minimum Gasteiger partial charge on any atom is -0.387 e. The number of rotatable bonds is 4. The third-order valence-electron chi connectivity index (χ3n) is 3.76. The van der Waals surface area contributed by atoms with Crippen LogP contribution >= 0.6 is 11.6 Å². The molecule has 0 saturated heterocycles. The molecule has 0 saturated carbocycles. The van der Waals surface area contributed by atoms with Crippen LogP contribution in [-0.2, 0) is 0 Å². The molecule has 3 rings (SSSR count). The van der Waals surface area contributed by atoms with Crippen molar-refractivity contribution in [2.75, 3.05) is 6.54 Å². The maximum absolute atomic E-state index is 12.2. The van der Waals surface area contributed by atoms with E-state index in [-0.39, 0.29) is 12.5 Å². The van der Waals surface area contributed by atoms with Crippen LogP contribution < -0.4 is 5.32 Å². The summed E-state index contributed by atoms with van der Waals surface area (Å²) in [5.74, 6) is -0.296. The average molecular weight is 326 g/mol. The molecule has 0 bridgehead atoms. The van der Waals surface area contributed by atoms with Crippen LogP contribution in [0.15, 0.2) is 66.7 Å². The molecule has 116 valence electrons. The summed E-state index contributed by atoms with van der Waals surface area (Å²) in [4.78, 5) is 12.2. The van der Waals surface area contributed by atoms with Crippen molar-refractivity contribution in [3.8, 4) is 0 Å². The number of halogens is 1. The lowest BCUT2D eigenvalue weighted by atomic mass is 10.0. The van der Waals surface area contributed by atoms with Gasteiger partial charge in [0.05, 0.1) is 16.7 Å². The summed E-state index contributed by atoms with van der Waals surface area (Å²) in [5.41, 5.74) is 1.20. The number of aliphatic hydroxyl groups excluding tert-OH is 1. The Labute approximate surface area is 139 Å². The summed E-state index contributed by atoms with van der Waals surface area (Å²) in [6.45, 7) is 0.123. The van der Waals surface area contributed by atoms with Crippen molar-refractivity contribution in [3.05, 3.63) is 82.9 Å². The molecular weight excluding hydrogens is 310 g/mol. The summed E-state index contributed by atoms with van der Waals surface area (Å²) >= 11 is 6.01. The molecule has 0 fully saturated rings. The van der Waals surface area contributed by atoms with Gasteiger partial charge in [-0.25, -0.2) is 0 Å². The Balaban J connectivity index is 1.75. The quantitative estimate of drug-likeness (QED) is 0.763. The monoisotopic (exact) mass is 325 g/mol. The maximum Gasteiger partial charge on any atom is 0.252 e. The molecule has 3 aromatic carbocycles. The zero-order valence-electron chi connectivity index (χ0n) is 12.4. The molecule has 1 atom stereocenters. The first-order chi connectivity index (χ1) is 11.2. The fourth-order valence-corrected chi connectivity index (χ4v) is 2.80. The molecular formula is C19H16ClNO2. The van der Waals surface area contributed by atoms with E-state index in [1.807, 2.05) is 42.5 Å². The summed E-state index contributed by atoms with van der Waals surface area (Å²) in [5, 5.41) is 15.6. The number of fused-ring (bicyclic) bond motifs is 1. The van der Waals surface area contributed by atoms with Gasteiger partial charge >= 0.3 is 0 Å². The Hall–Kier alpha value is -2.36. The first-order valence-corrected chi connectivity index (χ1v) is 7.73. The van der Waals surface area contributed by atoms with Gasteiger partial charge in [0, 0.05) is 6.54 Å². The molecule has 0 radical (unpaired) electrons. The number of carbonyl (C=O) groups is 1. The maximum atomic E-state index is 12.2. The Morgan fingerprint density at radius 2 is 1.70 bits per heavy atom. The zero-order chi connectivity index (χ0) is 16.2. The predicted octanol–water partition coefficient (Wildman–Crippen LogP) is 3.96. The van der Waals surface area contributed by atoms with E-state index in [2.05, 4.69) is 5.32 Å². The molecule has 0 spiro atoms. The summed E-state index contributed by atoms with van der Waals surface area (Å²) < 4.78 is 0. The highest BCUT2D eigenvalue weighted by Gasteiger charge is 2.14. The largest absolute Gasteiger partial charge is 0.387 e. The zero-order valence-corrected chi connectivity index (χ0v) is 13.1. The first kappa shape index (κ1) is 15.5. The van der Waals surface area contributed by atoms with Gasteiger partial charge in [-0.2, -0.15) is 0 Å². The molecule has 3 nitrogen and oxygen atoms in total. The second-order valence-electron chi connectivity index (χ2n) is 5.27. The summed E-state index contributed by atoms with van der Waals surface area (Å²) in [6.07, 6.45) is -0.785. The lowest BCUT2D eigenvalue weighted by molar-refractivity contribution is 0.0917. The van der Waals surface area contributed by atoms with Crippen molar-refractivity contribution in [1.82, 2.24) is 5.32 Å². The Kier molecular flexibility index (Phi) is 4.60. The van der Waals surface area contributed by atoms with Crippen molar-refractivity contribution in [1.29, 1.82) is 0 Å². The molecule has 0 heterocycles. The second-order valence-corrected chi connectivity index (χ2v) is 5.68. The molecule has 3 aromatic rings. The van der Waals surface area contributed by atoms with Gasteiger partial charge in [-0.15, -0.1) is 0 Å². The van der Waals surface area contributed by atoms with Crippen LogP contribution in [0.5, 0.6) is 0 Å². The normalized spacial score (nSPS) is 12.1. The van der Waals surface area contributed by atoms with E-state index < -0.39 is 6.10 Å². The van der Waals surface area contributed by atoms with Crippen molar-refractivity contribution < 1.29 is 9.90 Å². The number of nitrogens with one attached hydrogen (secondary N) is 1. The van der Waals surface area contributed by atoms with E-state index in [0.717, 1.165) is 16.3 Å². The van der Waals surface area contributed by atoms with Gasteiger partial charge in [-0.05, 0) is 28.5 Å². The van der Waals surface area contributed by atoms with E-state index in [4.69, 9.17) is 11.6 Å². The highest BCUT2D eigenvalue weighted by atomic mass is 35.5. The Bertz CT molecular complexity index is 842. The number of amides is 1. The van der Waals surface area contributed by atoms with E-state index in [0.29, 0.717) is 10.6 Å². The van der Waals surface area contributed by atoms with Gasteiger partial charge in [-0.3, -0.25) is 4.79 Å². The van der Waals surface area contributed by atoms with E-state index in [9.17, 15) is 9.90 Å². The van der Waals surface area contributed by atoms with Gasteiger partial charge in [0.2, 0.25) is 0 Å². The molecule has 23 heavy (non-hydrogen) atoms. The molecule has 1 amide bonds. The minimum atomic E-state index is -0.785. The van der Waals surface area contributed by atoms with Crippen LogP contribution in [-0.4, -0.2) is 17.6 Å². The summed E-state index contributed by atoms with van der Waals surface area (Å²) in [6, 6.07) is 20.4. The predicted molar refractivity (Wildman–Crippen MR) is 92.7 cm³/mol. The number of aliphatic hydroxyl groups is 1. The molecule has 2 N–H and O–H groups in total. The van der Waals surface area contributed by atoms with Gasteiger partial charge in [0.25, 0.3) is 5.91 Å². The molecule has 0 aromatic heterocycles. The fourth-order valence-electron chi connectivity index (χ4n) is 2.58. The topological polar surface area (TPSA) is 49.3 Å². The number of carbonyl (C=O) groups excluding carboxylic acids is 1. The first-order valence-electron chi connectivity index (χ1n) is 7.35. The molecule has 0 unspecified atom stereocenters. The molecule has 0 aliphatic rings. The standard InChI is InChI=1S/C19H16ClNO2/c20-17-11-4-3-9-16(17)19(23)21-12-18(22)15-10-5-7-13-6-1-2-8-14(13)15/h1-11,18,22H,12H2,(H,21,23)/t18-/m0/s1. The molecule has 0 aliphatic heterocycles. The number of hydrogen-bond acceptors (Lipinski definition) is 2. The van der Waals surface area contributed by atoms with Gasteiger partial charge in [0.15, 0.2) is 0 Å². The van der Waals surface area contributed by atoms with Gasteiger partial charge in [0.1, 0.15) is 0 Å². The van der Waals surface area contributed by atoms with Crippen molar-refractivity contribution in [3.63, 3.8) is 0 Å². The lowest BCUT2D eigenvalue weighted by Crippen LogP contribution is -2.28. The van der Waals surface area contributed by atoms with Crippen LogP contribution in [0.1, 0.15) is 22.0 Å². The highest BCUT2D eigenvalue weighted by molar-refractivity contribution is 6.33. The van der Waals surface area contributed by atoms with Crippen LogP contribution in [0.3, 0.4) is 0 Å². The lowest BCUT2D eigenvalue weighted by Gasteiger charge is -2.15. The van der Waals surface area contributed by atoms with Crippen LogP contribution in [0.25, 0.3) is 10.8 Å². The average Bonchev–Trinajstić information content (AvgIpc) is 2.59. The fraction of sp³-hybridized carbons (Fsp3) is 0.105. The Morgan fingerprint density at radius 3 is 2.52 bits per heavy atom. The smallest absolute Gasteiger partial charge is 0.252 e. The van der Waals surface area contributed by atoms with Crippen molar-refractivity contribution in [2.24, 2.45) is 0 Å². The van der Waals surface area contributed by atoms with Crippen LogP contribution in [0.4, 0.5) is 0 Å².